The second-order valence-corrected chi connectivity index (χ2v) is 7.87. The van der Waals surface area contributed by atoms with Gasteiger partial charge in [-0.15, -0.1) is 0 Å². The van der Waals surface area contributed by atoms with Crippen LogP contribution in [0.2, 0.25) is 0 Å². The third-order valence-electron chi connectivity index (χ3n) is 5.66. The fourth-order valence-electron chi connectivity index (χ4n) is 4.04. The number of piperidine rings is 1. The molecule has 1 aromatic heterocycles. The molecular weight excluding hydrogens is 371 g/mol. The molecule has 3 rings (SSSR count). The molecule has 2 radical (unpaired) electrons. The summed E-state index contributed by atoms with van der Waals surface area (Å²) in [4.78, 5) is 27.2. The highest BCUT2D eigenvalue weighted by Crippen LogP contribution is 2.34. The van der Waals surface area contributed by atoms with E-state index in [1.54, 1.807) is 6.20 Å². The van der Waals surface area contributed by atoms with E-state index in [1.165, 1.54) is 11.6 Å². The predicted molar refractivity (Wildman–Crippen MR) is 125 cm³/mol. The number of aromatic nitrogens is 2. The number of hydrogen-bond donors (Lipinski definition) is 0. The third kappa shape index (κ3) is 5.04. The maximum atomic E-state index is 12.2. The van der Waals surface area contributed by atoms with Crippen LogP contribution in [0.4, 0.5) is 0 Å². The summed E-state index contributed by atoms with van der Waals surface area (Å²) < 4.78 is 0. The molecule has 1 aliphatic heterocycles. The summed E-state index contributed by atoms with van der Waals surface area (Å²) in [7, 11) is 5.90. The van der Waals surface area contributed by atoms with Crippen LogP contribution in [0.3, 0.4) is 0 Å². The lowest BCUT2D eigenvalue weighted by atomic mass is 9.86. The Kier molecular flexibility index (Phi) is 7.19. The molecule has 0 aliphatic carbocycles. The van der Waals surface area contributed by atoms with Gasteiger partial charge in [-0.1, -0.05) is 25.6 Å². The van der Waals surface area contributed by atoms with E-state index in [9.17, 15) is 4.79 Å². The minimum absolute atomic E-state index is 0.0173. The molecule has 1 aromatic carbocycles. The van der Waals surface area contributed by atoms with Crippen molar-refractivity contribution in [3.63, 3.8) is 0 Å². The Balaban J connectivity index is 2.01. The molecule has 154 valence electrons. The summed E-state index contributed by atoms with van der Waals surface area (Å²) in [5.74, 6) is 0.400. The molecule has 30 heavy (non-hydrogen) atoms. The van der Waals surface area contributed by atoms with Crippen molar-refractivity contribution in [2.75, 3.05) is 19.6 Å². The Morgan fingerprint density at radius 2 is 2.27 bits per heavy atom. The first-order chi connectivity index (χ1) is 14.4. The van der Waals surface area contributed by atoms with Crippen LogP contribution in [-0.4, -0.2) is 54.0 Å². The van der Waals surface area contributed by atoms with E-state index in [0.29, 0.717) is 6.54 Å². The minimum Gasteiger partial charge on any atom is -0.339 e. The van der Waals surface area contributed by atoms with Crippen molar-refractivity contribution in [3.8, 4) is 0 Å². The van der Waals surface area contributed by atoms with Crippen LogP contribution in [0, 0.1) is 0 Å². The van der Waals surface area contributed by atoms with E-state index >= 15 is 0 Å². The van der Waals surface area contributed by atoms with E-state index in [1.807, 2.05) is 18.7 Å². The minimum atomic E-state index is -0.0173. The molecule has 1 aliphatic rings. The normalized spacial score (nSPS) is 18.7. The van der Waals surface area contributed by atoms with Crippen LogP contribution in [0.5, 0.6) is 0 Å². The lowest BCUT2D eigenvalue weighted by molar-refractivity contribution is -0.127. The van der Waals surface area contributed by atoms with Crippen LogP contribution in [0.15, 0.2) is 48.1 Å². The zero-order valence-electron chi connectivity index (χ0n) is 18.1. The number of likely N-dealkylation sites (tertiary alicyclic amines) is 1. The van der Waals surface area contributed by atoms with Gasteiger partial charge in [0.1, 0.15) is 0 Å². The van der Waals surface area contributed by atoms with E-state index < -0.39 is 0 Å². The molecule has 6 heteroatoms. The van der Waals surface area contributed by atoms with Gasteiger partial charge in [-0.2, -0.15) is 0 Å². The largest absolute Gasteiger partial charge is 0.339 e. The Bertz CT molecular complexity index is 998. The van der Waals surface area contributed by atoms with Crippen LogP contribution in [0.1, 0.15) is 56.6 Å². The average molecular weight is 400 g/mol. The van der Waals surface area contributed by atoms with Gasteiger partial charge in [-0.3, -0.25) is 14.8 Å². The first-order valence-corrected chi connectivity index (χ1v) is 10.6. The summed E-state index contributed by atoms with van der Waals surface area (Å²) in [6.45, 7) is 12.1. The smallest absolute Gasteiger partial charge is 0.245 e. The van der Waals surface area contributed by atoms with Gasteiger partial charge in [-0.25, -0.2) is 4.98 Å². The van der Waals surface area contributed by atoms with Crippen molar-refractivity contribution in [1.29, 1.82) is 0 Å². The first-order valence-electron chi connectivity index (χ1n) is 10.6. The Hall–Kier alpha value is -2.76. The van der Waals surface area contributed by atoms with E-state index in [0.717, 1.165) is 48.1 Å². The van der Waals surface area contributed by atoms with Gasteiger partial charge < -0.3 is 4.90 Å². The highest BCUT2D eigenvalue weighted by molar-refractivity contribution is 6.29. The van der Waals surface area contributed by atoms with Crippen molar-refractivity contribution < 1.29 is 4.79 Å². The van der Waals surface area contributed by atoms with Crippen molar-refractivity contribution in [3.05, 3.63) is 54.3 Å². The Morgan fingerprint density at radius 3 is 3.00 bits per heavy atom. The molecule has 2 unspecified atom stereocenters. The lowest BCUT2D eigenvalue weighted by Crippen LogP contribution is -2.38. The molecule has 5 nitrogen and oxygen atoms in total. The molecule has 2 atom stereocenters. The predicted octanol–water partition coefficient (Wildman–Crippen LogP) is 3.46. The monoisotopic (exact) mass is 400 g/mol. The molecular formula is C24H29BN4O. The summed E-state index contributed by atoms with van der Waals surface area (Å²) in [5, 5.41) is 0.975. The van der Waals surface area contributed by atoms with Crippen LogP contribution in [-0.2, 0) is 4.79 Å². The van der Waals surface area contributed by atoms with Gasteiger partial charge in [0.25, 0.3) is 0 Å². The van der Waals surface area contributed by atoms with E-state index in [4.69, 9.17) is 7.85 Å². The summed E-state index contributed by atoms with van der Waals surface area (Å²) >= 11 is 0. The van der Waals surface area contributed by atoms with E-state index in [-0.39, 0.29) is 23.5 Å². The van der Waals surface area contributed by atoms with Gasteiger partial charge in [0.15, 0.2) is 7.85 Å². The van der Waals surface area contributed by atoms with Crippen molar-refractivity contribution in [1.82, 2.24) is 14.9 Å². The molecule has 1 amide bonds. The Labute approximate surface area is 180 Å². The molecule has 0 N–H and O–H groups in total. The zero-order chi connectivity index (χ0) is 21.7. The second kappa shape index (κ2) is 9.83. The van der Waals surface area contributed by atoms with E-state index in [2.05, 4.69) is 52.7 Å². The summed E-state index contributed by atoms with van der Waals surface area (Å²) in [5.41, 5.74) is 4.50. The topological polar surface area (TPSA) is 58.5 Å². The number of rotatable bonds is 6. The van der Waals surface area contributed by atoms with Crippen LogP contribution >= 0.6 is 0 Å². The van der Waals surface area contributed by atoms with Crippen molar-refractivity contribution >= 4 is 36.1 Å². The van der Waals surface area contributed by atoms with Gasteiger partial charge in [0, 0.05) is 42.8 Å². The van der Waals surface area contributed by atoms with Crippen LogP contribution in [0.25, 0.3) is 10.9 Å². The molecule has 0 spiro atoms. The number of carbonyl (C=O) groups excluding carboxylic acids is 1. The highest BCUT2D eigenvalue weighted by atomic mass is 16.2. The van der Waals surface area contributed by atoms with Gasteiger partial charge in [0.05, 0.1) is 11.2 Å². The van der Waals surface area contributed by atoms with Gasteiger partial charge in [0.2, 0.25) is 5.91 Å². The van der Waals surface area contributed by atoms with Crippen LogP contribution < -0.4 is 5.72 Å². The molecule has 2 heterocycles. The number of aliphatic imine (C=N–C) groups is 1. The number of nitrogens with zero attached hydrogens (tertiary/aromatic N) is 4. The molecule has 1 fully saturated rings. The number of amides is 1. The maximum absolute atomic E-state index is 12.2. The molecule has 2 aromatic rings. The number of hydrogen-bond acceptors (Lipinski definition) is 4. The average Bonchev–Trinajstić information content (AvgIpc) is 2.76. The highest BCUT2D eigenvalue weighted by Gasteiger charge is 2.26. The Morgan fingerprint density at radius 1 is 1.47 bits per heavy atom. The maximum Gasteiger partial charge on any atom is 0.245 e. The number of benzene rings is 1. The van der Waals surface area contributed by atoms with Crippen molar-refractivity contribution in [2.45, 2.75) is 45.4 Å². The fourth-order valence-corrected chi connectivity index (χ4v) is 4.04. The van der Waals surface area contributed by atoms with Crippen molar-refractivity contribution in [2.24, 2.45) is 4.99 Å². The zero-order valence-corrected chi connectivity index (χ0v) is 18.1. The molecule has 0 saturated carbocycles. The first kappa shape index (κ1) is 21.9. The number of fused-ring (bicyclic) bond motifs is 1. The number of allylic oxidation sites excluding steroid dienone is 2. The second-order valence-electron chi connectivity index (χ2n) is 7.87. The molecule has 0 bridgehead atoms. The number of carbonyl (C=O) groups is 1. The standard InChI is InChI=1S/C24H29BN4O/c1-5-22(30)29-11-7-8-18(15-29)21-13-19(16(3)9-10-17(4)26-6-2)12-20-14-27-24(25)28-23(20)21/h5,9-10,12-14,16,18H,1,6-8,11,15H2,2-4H3/b10-9-,26-17?. The molecule has 1 saturated heterocycles. The van der Waals surface area contributed by atoms with Gasteiger partial charge in [-0.05, 0) is 62.0 Å². The summed E-state index contributed by atoms with van der Waals surface area (Å²) in [6, 6.07) is 4.36. The SMILES string of the molecule is [B]c1ncc2cc(C(C)/C=C\C(C)=NCC)cc(C3CCCN(C(=O)C=C)C3)c2n1. The van der Waals surface area contributed by atoms with Gasteiger partial charge >= 0.3 is 0 Å². The quantitative estimate of drug-likeness (QED) is 0.424. The summed E-state index contributed by atoms with van der Waals surface area (Å²) in [6.07, 6.45) is 9.40. The third-order valence-corrected chi connectivity index (χ3v) is 5.66. The lowest BCUT2D eigenvalue weighted by Gasteiger charge is -2.33. The fraction of sp³-hybridized carbons (Fsp3) is 0.417.